The summed E-state index contributed by atoms with van der Waals surface area (Å²) >= 11 is 0. The van der Waals surface area contributed by atoms with E-state index in [1.165, 1.54) is 11.1 Å². The molecule has 1 amide bonds. The Hall–Kier alpha value is -1.35. The summed E-state index contributed by atoms with van der Waals surface area (Å²) < 4.78 is 0. The molecule has 0 unspecified atom stereocenters. The lowest BCUT2D eigenvalue weighted by Crippen LogP contribution is -2.63. The van der Waals surface area contributed by atoms with Crippen LogP contribution >= 0.6 is 0 Å². The van der Waals surface area contributed by atoms with Gasteiger partial charge >= 0.3 is 0 Å². The summed E-state index contributed by atoms with van der Waals surface area (Å²) in [6.45, 7) is 5.13. The predicted molar refractivity (Wildman–Crippen MR) is 75.9 cm³/mol. The minimum Gasteiger partial charge on any atom is -0.386 e. The van der Waals surface area contributed by atoms with Gasteiger partial charge in [0.25, 0.3) is 0 Å². The van der Waals surface area contributed by atoms with Crippen LogP contribution in [0.4, 0.5) is 0 Å². The third kappa shape index (κ3) is 3.57. The number of likely N-dealkylation sites (tertiary alicyclic amines) is 1. The van der Waals surface area contributed by atoms with E-state index in [1.807, 2.05) is 0 Å². The van der Waals surface area contributed by atoms with Crippen molar-refractivity contribution in [2.45, 2.75) is 45.1 Å². The molecule has 0 saturated carbocycles. The lowest BCUT2D eigenvalue weighted by Gasteiger charge is -2.46. The second kappa shape index (κ2) is 5.74. The lowest BCUT2D eigenvalue weighted by molar-refractivity contribution is -0.156. The molecule has 19 heavy (non-hydrogen) atoms. The number of amides is 1. The van der Waals surface area contributed by atoms with Crippen molar-refractivity contribution in [3.63, 3.8) is 0 Å². The molecule has 0 radical (unpaired) electrons. The average Bonchev–Trinajstić information content (AvgIpc) is 2.35. The minimum atomic E-state index is -0.617. The molecule has 1 N–H and O–H groups in total. The summed E-state index contributed by atoms with van der Waals surface area (Å²) in [5.41, 5.74) is 1.82. The Morgan fingerprint density at radius 2 is 1.95 bits per heavy atom. The van der Waals surface area contributed by atoms with E-state index in [-0.39, 0.29) is 5.91 Å². The number of β-amino-alcohol motifs (C(OH)–C–C–N with tert-alkyl or cyclic N) is 1. The quantitative estimate of drug-likeness (QED) is 0.883. The largest absolute Gasteiger partial charge is 0.386 e. The fourth-order valence-electron chi connectivity index (χ4n) is 2.63. The SMILES string of the molecule is CCCC1(O)CN(C(=O)CCc2ccc(C)cc2)C1. The molecule has 1 saturated heterocycles. The van der Waals surface area contributed by atoms with Crippen LogP contribution in [0.25, 0.3) is 0 Å². The summed E-state index contributed by atoms with van der Waals surface area (Å²) in [4.78, 5) is 13.7. The van der Waals surface area contributed by atoms with Crippen LogP contribution in [0.15, 0.2) is 24.3 Å². The van der Waals surface area contributed by atoms with Gasteiger partial charge < -0.3 is 10.0 Å². The van der Waals surface area contributed by atoms with E-state index in [9.17, 15) is 9.90 Å². The van der Waals surface area contributed by atoms with Crippen LogP contribution in [0, 0.1) is 6.92 Å². The van der Waals surface area contributed by atoms with Crippen LogP contribution in [-0.2, 0) is 11.2 Å². The van der Waals surface area contributed by atoms with Crippen molar-refractivity contribution in [1.82, 2.24) is 4.90 Å². The monoisotopic (exact) mass is 261 g/mol. The molecule has 1 heterocycles. The van der Waals surface area contributed by atoms with Crippen LogP contribution in [-0.4, -0.2) is 34.6 Å². The maximum Gasteiger partial charge on any atom is 0.223 e. The Morgan fingerprint density at radius 1 is 1.32 bits per heavy atom. The molecule has 0 atom stereocenters. The first-order chi connectivity index (χ1) is 9.02. The lowest BCUT2D eigenvalue weighted by atomic mass is 9.89. The highest BCUT2D eigenvalue weighted by atomic mass is 16.3. The standard InChI is InChI=1S/C16H23NO2/c1-3-10-16(19)11-17(12-16)15(18)9-8-14-6-4-13(2)5-7-14/h4-7,19H,3,8-12H2,1-2H3. The molecule has 1 aliphatic rings. The fraction of sp³-hybridized carbons (Fsp3) is 0.562. The highest BCUT2D eigenvalue weighted by molar-refractivity contribution is 5.77. The molecule has 104 valence electrons. The number of aliphatic hydroxyl groups is 1. The Labute approximate surface area is 115 Å². The molecular weight excluding hydrogens is 238 g/mol. The number of hydrogen-bond acceptors (Lipinski definition) is 2. The molecule has 0 spiro atoms. The molecule has 2 rings (SSSR count). The molecule has 0 bridgehead atoms. The van der Waals surface area contributed by atoms with E-state index in [0.29, 0.717) is 19.5 Å². The normalized spacial score (nSPS) is 17.1. The third-order valence-electron chi connectivity index (χ3n) is 3.79. The van der Waals surface area contributed by atoms with Crippen molar-refractivity contribution in [1.29, 1.82) is 0 Å². The van der Waals surface area contributed by atoms with Crippen LogP contribution in [0.3, 0.4) is 0 Å². The maximum atomic E-state index is 12.0. The van der Waals surface area contributed by atoms with Crippen LogP contribution in [0.5, 0.6) is 0 Å². The number of carbonyl (C=O) groups excluding carboxylic acids is 1. The van der Waals surface area contributed by atoms with E-state index in [1.54, 1.807) is 4.90 Å². The van der Waals surface area contributed by atoms with Gasteiger partial charge in [0.2, 0.25) is 5.91 Å². The number of aryl methyl sites for hydroxylation is 2. The van der Waals surface area contributed by atoms with Gasteiger partial charge in [-0.1, -0.05) is 43.2 Å². The molecule has 3 nitrogen and oxygen atoms in total. The third-order valence-corrected chi connectivity index (χ3v) is 3.79. The summed E-state index contributed by atoms with van der Waals surface area (Å²) in [6.07, 6.45) is 3.06. The van der Waals surface area contributed by atoms with Crippen molar-refractivity contribution < 1.29 is 9.90 Å². The second-order valence-corrected chi connectivity index (χ2v) is 5.71. The van der Waals surface area contributed by atoms with E-state index < -0.39 is 5.60 Å². The van der Waals surface area contributed by atoms with Gasteiger partial charge in [-0.25, -0.2) is 0 Å². The zero-order valence-electron chi connectivity index (χ0n) is 11.9. The summed E-state index contributed by atoms with van der Waals surface area (Å²) in [5.74, 6) is 0.154. The Kier molecular flexibility index (Phi) is 4.25. The molecule has 3 heteroatoms. The van der Waals surface area contributed by atoms with Crippen LogP contribution in [0.1, 0.15) is 37.3 Å². The smallest absolute Gasteiger partial charge is 0.223 e. The van der Waals surface area contributed by atoms with Gasteiger partial charge in [-0.05, 0) is 25.3 Å². The van der Waals surface area contributed by atoms with Crippen molar-refractivity contribution in [2.75, 3.05) is 13.1 Å². The first-order valence-electron chi connectivity index (χ1n) is 7.08. The fourth-order valence-corrected chi connectivity index (χ4v) is 2.63. The van der Waals surface area contributed by atoms with Crippen molar-refractivity contribution in [3.05, 3.63) is 35.4 Å². The minimum absolute atomic E-state index is 0.154. The molecule has 1 aromatic carbocycles. The van der Waals surface area contributed by atoms with Gasteiger partial charge in [-0.15, -0.1) is 0 Å². The molecule has 1 fully saturated rings. The highest BCUT2D eigenvalue weighted by Crippen LogP contribution is 2.26. The summed E-state index contributed by atoms with van der Waals surface area (Å²) in [7, 11) is 0. The van der Waals surface area contributed by atoms with Gasteiger partial charge in [0.15, 0.2) is 0 Å². The Balaban J connectivity index is 1.76. The first kappa shape index (κ1) is 14.1. The Bertz CT molecular complexity index is 433. The molecule has 1 aromatic rings. The summed E-state index contributed by atoms with van der Waals surface area (Å²) in [5, 5.41) is 10.1. The van der Waals surface area contributed by atoms with Gasteiger partial charge in [0.1, 0.15) is 0 Å². The number of benzene rings is 1. The number of rotatable bonds is 5. The van der Waals surface area contributed by atoms with Crippen molar-refractivity contribution in [2.24, 2.45) is 0 Å². The number of nitrogens with zero attached hydrogens (tertiary/aromatic N) is 1. The molecule has 1 aliphatic heterocycles. The Morgan fingerprint density at radius 3 is 2.53 bits per heavy atom. The maximum absolute atomic E-state index is 12.0. The predicted octanol–water partition coefficient (Wildman–Crippen LogP) is 2.30. The zero-order chi connectivity index (χ0) is 13.9. The molecule has 0 aromatic heterocycles. The number of carbonyl (C=O) groups is 1. The highest BCUT2D eigenvalue weighted by Gasteiger charge is 2.42. The van der Waals surface area contributed by atoms with Crippen LogP contribution < -0.4 is 0 Å². The molecule has 0 aliphatic carbocycles. The van der Waals surface area contributed by atoms with Gasteiger partial charge in [-0.3, -0.25) is 4.79 Å². The van der Waals surface area contributed by atoms with E-state index in [0.717, 1.165) is 19.3 Å². The first-order valence-corrected chi connectivity index (χ1v) is 7.08. The van der Waals surface area contributed by atoms with E-state index in [2.05, 4.69) is 38.1 Å². The van der Waals surface area contributed by atoms with E-state index in [4.69, 9.17) is 0 Å². The van der Waals surface area contributed by atoms with Gasteiger partial charge in [-0.2, -0.15) is 0 Å². The second-order valence-electron chi connectivity index (χ2n) is 5.71. The topological polar surface area (TPSA) is 40.5 Å². The van der Waals surface area contributed by atoms with Crippen molar-refractivity contribution in [3.8, 4) is 0 Å². The van der Waals surface area contributed by atoms with Crippen LogP contribution in [0.2, 0.25) is 0 Å². The average molecular weight is 261 g/mol. The summed E-state index contributed by atoms with van der Waals surface area (Å²) in [6, 6.07) is 8.30. The van der Waals surface area contributed by atoms with Gasteiger partial charge in [0.05, 0.1) is 18.7 Å². The molecular formula is C16H23NO2. The van der Waals surface area contributed by atoms with Crippen molar-refractivity contribution >= 4 is 5.91 Å². The zero-order valence-corrected chi connectivity index (χ0v) is 11.9. The van der Waals surface area contributed by atoms with Gasteiger partial charge in [0, 0.05) is 6.42 Å². The van der Waals surface area contributed by atoms with E-state index >= 15 is 0 Å². The number of hydrogen-bond donors (Lipinski definition) is 1.